The number of nitrogens with zero attached hydrogens (tertiary/aromatic N) is 3. The van der Waals surface area contributed by atoms with Gasteiger partial charge in [0.2, 0.25) is 5.16 Å². The molecule has 0 N–H and O–H groups in total. The van der Waals surface area contributed by atoms with E-state index < -0.39 is 0 Å². The van der Waals surface area contributed by atoms with Gasteiger partial charge in [0.15, 0.2) is 5.78 Å². The monoisotopic (exact) mass is 367 g/mol. The van der Waals surface area contributed by atoms with Gasteiger partial charge in [-0.25, -0.2) is 4.98 Å². The Morgan fingerprint density at radius 2 is 1.96 bits per heavy atom. The smallest absolute Gasteiger partial charge is 0.209 e. The Balaban J connectivity index is 1.53. The van der Waals surface area contributed by atoms with Crippen molar-refractivity contribution >= 4 is 17.5 Å². The fraction of sp³-hybridized carbons (Fsp3) is 0.524. The van der Waals surface area contributed by atoms with Gasteiger partial charge in [0.05, 0.1) is 17.1 Å². The van der Waals surface area contributed by atoms with Crippen LogP contribution in [0.1, 0.15) is 72.4 Å². The summed E-state index contributed by atoms with van der Waals surface area (Å²) in [6.45, 7) is 11.0. The molecule has 4 rings (SSSR count). The van der Waals surface area contributed by atoms with Gasteiger partial charge in [0.25, 0.3) is 0 Å². The summed E-state index contributed by atoms with van der Waals surface area (Å²) >= 11 is 1.39. The molecule has 136 valence electrons. The van der Waals surface area contributed by atoms with E-state index in [9.17, 15) is 4.79 Å². The fourth-order valence-electron chi connectivity index (χ4n) is 4.55. The van der Waals surface area contributed by atoms with E-state index in [0.717, 1.165) is 28.9 Å². The Morgan fingerprint density at radius 1 is 1.19 bits per heavy atom. The molecule has 0 aliphatic heterocycles. The molecule has 2 bridgehead atoms. The van der Waals surface area contributed by atoms with Crippen LogP contribution in [0.2, 0.25) is 0 Å². The van der Waals surface area contributed by atoms with E-state index in [-0.39, 0.29) is 16.6 Å². The Morgan fingerprint density at radius 3 is 2.69 bits per heavy atom. The predicted molar refractivity (Wildman–Crippen MR) is 104 cm³/mol. The number of aromatic nitrogens is 3. The molecule has 5 heteroatoms. The molecule has 26 heavy (non-hydrogen) atoms. The summed E-state index contributed by atoms with van der Waals surface area (Å²) in [6, 6.07) is 5.86. The number of thioether (sulfide) groups is 1. The summed E-state index contributed by atoms with van der Waals surface area (Å²) in [5, 5.41) is 9.44. The summed E-state index contributed by atoms with van der Waals surface area (Å²) in [5.74, 6) is 0.904. The maximum absolute atomic E-state index is 12.5. The van der Waals surface area contributed by atoms with Crippen molar-refractivity contribution in [3.63, 3.8) is 0 Å². The van der Waals surface area contributed by atoms with Crippen molar-refractivity contribution in [1.82, 2.24) is 15.2 Å². The molecular formula is C21H25N3OS. The van der Waals surface area contributed by atoms with Gasteiger partial charge in [-0.05, 0) is 49.3 Å². The number of hydrogen-bond donors (Lipinski definition) is 0. The highest BCUT2D eigenvalue weighted by Crippen LogP contribution is 2.66. The quantitative estimate of drug-likeness (QED) is 0.582. The first-order valence-corrected chi connectivity index (χ1v) is 10.2. The van der Waals surface area contributed by atoms with Gasteiger partial charge in [-0.3, -0.25) is 4.79 Å². The summed E-state index contributed by atoms with van der Waals surface area (Å²) in [6.07, 6.45) is 2.33. The molecular weight excluding hydrogens is 342 g/mol. The number of carbonyl (C=O) groups excluding carboxylic acids is 1. The molecule has 2 atom stereocenters. The second-order valence-electron chi connectivity index (χ2n) is 8.48. The third kappa shape index (κ3) is 2.43. The standard InChI is InChI=1S/C21H25N3OS/c1-12-6-7-14(10-13(12)2)16(25)11-26-19-22-18-17(23-24-19)15-8-9-21(18,5)20(15,3)4/h6-7,10,15H,8-9,11H2,1-5H3/t15-,21+/m0/s1. The van der Waals surface area contributed by atoms with Crippen LogP contribution in [0, 0.1) is 19.3 Å². The van der Waals surface area contributed by atoms with Crippen molar-refractivity contribution in [2.45, 2.75) is 63.9 Å². The second-order valence-corrected chi connectivity index (χ2v) is 9.43. The first-order valence-electron chi connectivity index (χ1n) is 9.22. The third-order valence-electron chi connectivity index (χ3n) is 6.93. The number of Topliss-reactive ketones (excluding diaryl/α,β-unsaturated/α-hetero) is 1. The van der Waals surface area contributed by atoms with Crippen molar-refractivity contribution in [3.05, 3.63) is 46.3 Å². The molecule has 0 amide bonds. The van der Waals surface area contributed by atoms with Crippen LogP contribution in [-0.2, 0) is 5.41 Å². The summed E-state index contributed by atoms with van der Waals surface area (Å²) < 4.78 is 0. The van der Waals surface area contributed by atoms with Crippen LogP contribution in [0.25, 0.3) is 0 Å². The summed E-state index contributed by atoms with van der Waals surface area (Å²) in [5.41, 5.74) is 5.52. The van der Waals surface area contributed by atoms with Crippen molar-refractivity contribution in [1.29, 1.82) is 0 Å². The summed E-state index contributed by atoms with van der Waals surface area (Å²) in [4.78, 5) is 17.3. The normalized spacial score (nSPS) is 25.3. The number of benzene rings is 1. The van der Waals surface area contributed by atoms with Gasteiger partial charge in [-0.1, -0.05) is 44.7 Å². The lowest BCUT2D eigenvalue weighted by Crippen LogP contribution is -2.32. The van der Waals surface area contributed by atoms with Gasteiger partial charge >= 0.3 is 0 Å². The minimum Gasteiger partial charge on any atom is -0.293 e. The lowest BCUT2D eigenvalue weighted by molar-refractivity contribution is 0.102. The lowest BCUT2D eigenvalue weighted by Gasteiger charge is -2.33. The van der Waals surface area contributed by atoms with E-state index >= 15 is 0 Å². The molecule has 0 saturated heterocycles. The average molecular weight is 368 g/mol. The first-order chi connectivity index (χ1) is 12.2. The molecule has 1 aromatic heterocycles. The van der Waals surface area contributed by atoms with E-state index in [2.05, 4.69) is 37.9 Å². The van der Waals surface area contributed by atoms with Crippen LogP contribution in [0.4, 0.5) is 0 Å². The van der Waals surface area contributed by atoms with Crippen molar-refractivity contribution in [2.24, 2.45) is 5.41 Å². The highest BCUT2D eigenvalue weighted by molar-refractivity contribution is 7.99. The van der Waals surface area contributed by atoms with Gasteiger partial charge in [-0.2, -0.15) is 5.10 Å². The molecule has 1 aromatic carbocycles. The van der Waals surface area contributed by atoms with E-state index in [4.69, 9.17) is 4.98 Å². The van der Waals surface area contributed by atoms with E-state index in [1.165, 1.54) is 23.7 Å². The molecule has 2 aliphatic rings. The fourth-order valence-corrected chi connectivity index (χ4v) is 5.23. The number of ketones is 1. The number of hydrogen-bond acceptors (Lipinski definition) is 5. The molecule has 4 nitrogen and oxygen atoms in total. The zero-order chi connectivity index (χ0) is 18.7. The van der Waals surface area contributed by atoms with Gasteiger partial charge in [-0.15, -0.1) is 5.10 Å². The molecule has 0 unspecified atom stereocenters. The van der Waals surface area contributed by atoms with E-state index in [1.54, 1.807) is 0 Å². The highest BCUT2D eigenvalue weighted by atomic mass is 32.2. The Bertz CT molecular complexity index is 908. The maximum atomic E-state index is 12.5. The third-order valence-corrected chi connectivity index (χ3v) is 7.77. The molecule has 2 aromatic rings. The van der Waals surface area contributed by atoms with Crippen LogP contribution < -0.4 is 0 Å². The zero-order valence-corrected chi connectivity index (χ0v) is 16.9. The average Bonchev–Trinajstić information content (AvgIpc) is 2.94. The van der Waals surface area contributed by atoms with Crippen molar-refractivity contribution < 1.29 is 4.79 Å². The van der Waals surface area contributed by atoms with E-state index in [0.29, 0.717) is 16.8 Å². The Hall–Kier alpha value is -1.75. The maximum Gasteiger partial charge on any atom is 0.209 e. The summed E-state index contributed by atoms with van der Waals surface area (Å²) in [7, 11) is 0. The molecule has 0 radical (unpaired) electrons. The zero-order valence-electron chi connectivity index (χ0n) is 16.1. The van der Waals surface area contributed by atoms with Crippen molar-refractivity contribution in [3.8, 4) is 0 Å². The molecule has 2 aliphatic carbocycles. The van der Waals surface area contributed by atoms with Crippen LogP contribution >= 0.6 is 11.8 Å². The minimum atomic E-state index is 0.0658. The second kappa shape index (κ2) is 5.88. The van der Waals surface area contributed by atoms with Crippen LogP contribution in [0.15, 0.2) is 23.4 Å². The van der Waals surface area contributed by atoms with Gasteiger partial charge < -0.3 is 0 Å². The molecule has 1 heterocycles. The number of aryl methyl sites for hydroxylation is 2. The largest absolute Gasteiger partial charge is 0.293 e. The number of fused-ring (bicyclic) bond motifs is 5. The highest BCUT2D eigenvalue weighted by Gasteiger charge is 2.61. The first kappa shape index (κ1) is 17.7. The lowest BCUT2D eigenvalue weighted by atomic mass is 9.70. The molecule has 1 fully saturated rings. The number of rotatable bonds is 4. The number of carbonyl (C=O) groups is 1. The van der Waals surface area contributed by atoms with Crippen molar-refractivity contribution in [2.75, 3.05) is 5.75 Å². The molecule has 1 saturated carbocycles. The SMILES string of the molecule is Cc1ccc(C(=O)CSc2nnc3c(n2)[C@@]2(C)CC[C@@H]3C2(C)C)cc1C. The minimum absolute atomic E-state index is 0.0658. The van der Waals surface area contributed by atoms with Crippen LogP contribution in [0.5, 0.6) is 0 Å². The molecule has 0 spiro atoms. The predicted octanol–water partition coefficient (Wildman–Crippen LogP) is 4.64. The Labute approximate surface area is 159 Å². The topological polar surface area (TPSA) is 55.7 Å². The van der Waals surface area contributed by atoms with Gasteiger partial charge in [0, 0.05) is 16.9 Å². The van der Waals surface area contributed by atoms with Crippen LogP contribution in [0.3, 0.4) is 0 Å². The van der Waals surface area contributed by atoms with E-state index in [1.807, 2.05) is 25.1 Å². The van der Waals surface area contributed by atoms with Crippen LogP contribution in [-0.4, -0.2) is 26.7 Å². The van der Waals surface area contributed by atoms with Gasteiger partial charge in [0.1, 0.15) is 0 Å². The Kier molecular flexibility index (Phi) is 3.99.